The lowest BCUT2D eigenvalue weighted by Crippen LogP contribution is -2.10. The molecule has 1 heterocycles. The second-order valence-electron chi connectivity index (χ2n) is 3.74. The lowest BCUT2D eigenvalue weighted by molar-refractivity contribution is 0.0695. The summed E-state index contributed by atoms with van der Waals surface area (Å²) >= 11 is 0. The van der Waals surface area contributed by atoms with E-state index in [4.69, 9.17) is 5.11 Å². The summed E-state index contributed by atoms with van der Waals surface area (Å²) in [6.45, 7) is 8.03. The van der Waals surface area contributed by atoms with Crippen LogP contribution in [0.15, 0.2) is 12.3 Å². The molecule has 1 N–H and O–H groups in total. The minimum atomic E-state index is -0.853. The highest BCUT2D eigenvalue weighted by atomic mass is 31.1. The molecular formula is C11H16NO2P. The molecule has 0 saturated heterocycles. The molecule has 3 nitrogen and oxygen atoms in total. The fourth-order valence-electron chi connectivity index (χ4n) is 1.56. The van der Waals surface area contributed by atoms with E-state index in [9.17, 15) is 4.79 Å². The zero-order valence-electron chi connectivity index (χ0n) is 9.48. The van der Waals surface area contributed by atoms with Crippen LogP contribution in [0.4, 0.5) is 0 Å². The molecule has 0 atom stereocenters. The van der Waals surface area contributed by atoms with Gasteiger partial charge in [0.05, 0.1) is 5.56 Å². The molecule has 0 spiro atoms. The lowest BCUT2D eigenvalue weighted by Gasteiger charge is -2.16. The predicted octanol–water partition coefficient (Wildman–Crippen LogP) is 3.18. The Balaban J connectivity index is 3.52. The number of aromatic carboxylic acids is 1. The molecule has 1 rings (SSSR count). The highest BCUT2D eigenvalue weighted by Crippen LogP contribution is 2.16. The van der Waals surface area contributed by atoms with Crippen molar-refractivity contribution in [2.24, 2.45) is 0 Å². The van der Waals surface area contributed by atoms with Crippen LogP contribution >= 0.6 is 8.20 Å². The van der Waals surface area contributed by atoms with Gasteiger partial charge in [-0.15, -0.1) is 0 Å². The number of hydrogen-bond acceptors (Lipinski definition) is 1. The van der Waals surface area contributed by atoms with Gasteiger partial charge in [0.1, 0.15) is 0 Å². The maximum absolute atomic E-state index is 11.0. The summed E-state index contributed by atoms with van der Waals surface area (Å²) in [5, 5.41) is 9.08. The Morgan fingerprint density at radius 3 is 2.53 bits per heavy atom. The molecule has 0 bridgehead atoms. The van der Waals surface area contributed by atoms with E-state index in [1.807, 2.05) is 38.1 Å². The topological polar surface area (TPSA) is 42.2 Å². The van der Waals surface area contributed by atoms with Crippen LogP contribution in [-0.4, -0.2) is 22.3 Å². The third-order valence-corrected chi connectivity index (χ3v) is 3.18. The quantitative estimate of drug-likeness (QED) is 0.785. The van der Waals surface area contributed by atoms with Gasteiger partial charge < -0.3 is 9.67 Å². The van der Waals surface area contributed by atoms with Crippen LogP contribution in [0.2, 0.25) is 0 Å². The molecule has 1 aromatic rings. The van der Waals surface area contributed by atoms with Crippen LogP contribution < -0.4 is 0 Å². The molecule has 82 valence electrons. The van der Waals surface area contributed by atoms with Gasteiger partial charge in [0.2, 0.25) is 0 Å². The van der Waals surface area contributed by atoms with Crippen molar-refractivity contribution in [3.05, 3.63) is 28.5 Å². The molecule has 0 aliphatic rings. The molecule has 0 aliphatic carbocycles. The van der Waals surface area contributed by atoms with Gasteiger partial charge in [-0.1, -0.05) is 8.20 Å². The van der Waals surface area contributed by atoms with Crippen molar-refractivity contribution in [3.63, 3.8) is 0 Å². The fourth-order valence-corrected chi connectivity index (χ4v) is 2.27. The summed E-state index contributed by atoms with van der Waals surface area (Å²) < 4.78 is 1.98. The van der Waals surface area contributed by atoms with Crippen LogP contribution in [-0.2, 0) is 0 Å². The Morgan fingerprint density at radius 2 is 2.13 bits per heavy atom. The first kappa shape index (κ1) is 12.0. The Bertz CT molecular complexity index is 446. The second kappa shape index (κ2) is 4.63. The van der Waals surface area contributed by atoms with E-state index in [-0.39, 0.29) is 6.04 Å². The van der Waals surface area contributed by atoms with Crippen molar-refractivity contribution in [1.29, 1.82) is 0 Å². The summed E-state index contributed by atoms with van der Waals surface area (Å²) in [6.07, 6.45) is 1.73. The Labute approximate surface area is 91.2 Å². The number of aryl methyl sites for hydroxylation is 1. The summed E-state index contributed by atoms with van der Waals surface area (Å²) in [4.78, 5) is 11.9. The molecule has 0 fully saturated rings. The van der Waals surface area contributed by atoms with Crippen LogP contribution in [0.5, 0.6) is 0 Å². The maximum atomic E-state index is 11.0. The molecule has 0 saturated carbocycles. The first-order chi connectivity index (χ1) is 6.97. The molecule has 4 heteroatoms. The molecule has 1 aromatic heterocycles. The number of carboxylic acid groups (broad SMARTS) is 1. The minimum Gasteiger partial charge on any atom is -0.478 e. The number of rotatable bonds is 2. The van der Waals surface area contributed by atoms with E-state index in [0.717, 1.165) is 18.8 Å². The third kappa shape index (κ3) is 2.48. The zero-order chi connectivity index (χ0) is 11.6. The minimum absolute atomic E-state index is 0.283. The predicted molar refractivity (Wildman–Crippen MR) is 62.6 cm³/mol. The van der Waals surface area contributed by atoms with Gasteiger partial charge in [-0.2, -0.15) is 0 Å². The zero-order valence-corrected chi connectivity index (χ0v) is 10.4. The van der Waals surface area contributed by atoms with Crippen molar-refractivity contribution in [3.8, 4) is 0 Å². The van der Waals surface area contributed by atoms with Gasteiger partial charge in [0.25, 0.3) is 0 Å². The van der Waals surface area contributed by atoms with Crippen molar-refractivity contribution < 1.29 is 9.90 Å². The van der Waals surface area contributed by atoms with Crippen molar-refractivity contribution in [2.75, 3.05) is 6.66 Å². The highest BCUT2D eigenvalue weighted by Gasteiger charge is 2.09. The van der Waals surface area contributed by atoms with Gasteiger partial charge in [-0.05, 0) is 33.5 Å². The summed E-state index contributed by atoms with van der Waals surface area (Å²) in [6, 6.07) is 2.23. The smallest absolute Gasteiger partial charge is 0.338 e. The van der Waals surface area contributed by atoms with Crippen LogP contribution in [0, 0.1) is 11.9 Å². The number of aromatic nitrogens is 1. The highest BCUT2D eigenvalue weighted by molar-refractivity contribution is 7.28. The Morgan fingerprint density at radius 1 is 1.53 bits per heavy atom. The third-order valence-electron chi connectivity index (χ3n) is 2.32. The maximum Gasteiger partial charge on any atom is 0.338 e. The van der Waals surface area contributed by atoms with Crippen LogP contribution in [0.25, 0.3) is 0 Å². The molecule has 0 unspecified atom stereocenters. The fraction of sp³-hybridized carbons (Fsp3) is 0.455. The molecule has 0 aliphatic heterocycles. The van der Waals surface area contributed by atoms with Gasteiger partial charge in [0.15, 0.2) is 0 Å². The Kier molecular flexibility index (Phi) is 3.70. The van der Waals surface area contributed by atoms with E-state index < -0.39 is 5.97 Å². The van der Waals surface area contributed by atoms with E-state index in [0.29, 0.717) is 5.56 Å². The molecule has 15 heavy (non-hydrogen) atoms. The summed E-state index contributed by atoms with van der Waals surface area (Å²) in [5.41, 5.74) is 1.50. The van der Waals surface area contributed by atoms with Gasteiger partial charge in [-0.25, -0.2) is 4.79 Å². The normalized spacial score (nSPS) is 12.2. The number of hydrogen-bond donors (Lipinski definition) is 1. The van der Waals surface area contributed by atoms with Gasteiger partial charge in [-0.3, -0.25) is 0 Å². The number of carbonyl (C=O) groups is 1. The Hall–Kier alpha value is -1.08. The number of pyridine rings is 1. The first-order valence-electron chi connectivity index (χ1n) is 4.86. The van der Waals surface area contributed by atoms with Crippen molar-refractivity contribution in [1.82, 2.24) is 4.57 Å². The second-order valence-corrected chi connectivity index (χ2v) is 4.67. The monoisotopic (exact) mass is 225 g/mol. The van der Waals surface area contributed by atoms with E-state index >= 15 is 0 Å². The van der Waals surface area contributed by atoms with E-state index in [1.165, 1.54) is 0 Å². The largest absolute Gasteiger partial charge is 0.478 e. The van der Waals surface area contributed by atoms with Crippen molar-refractivity contribution in [2.45, 2.75) is 26.8 Å². The molecular weight excluding hydrogens is 209 g/mol. The average molecular weight is 225 g/mol. The van der Waals surface area contributed by atoms with E-state index in [2.05, 4.69) is 0 Å². The van der Waals surface area contributed by atoms with Crippen molar-refractivity contribution >= 4 is 14.2 Å². The molecule has 0 amide bonds. The van der Waals surface area contributed by atoms with Gasteiger partial charge >= 0.3 is 5.97 Å². The molecule has 0 radical (unpaired) electrons. The SMILES string of the molecule is C/P=c1/cc(C)n(C(C)C)cc1C(=O)O. The van der Waals surface area contributed by atoms with Gasteiger partial charge in [0, 0.05) is 22.9 Å². The van der Waals surface area contributed by atoms with Crippen LogP contribution in [0.3, 0.4) is 0 Å². The standard InChI is InChI=1S/C11H16NO2P/c1-7(2)12-6-9(11(13)14)10(15-4)5-8(12)3/h5-7H,1-4H3,(H,13,14). The molecule has 0 aromatic carbocycles. The average Bonchev–Trinajstić information content (AvgIpc) is 2.16. The van der Waals surface area contributed by atoms with E-state index in [1.54, 1.807) is 6.20 Å². The lowest BCUT2D eigenvalue weighted by atomic mass is 10.2. The number of nitrogens with zero attached hydrogens (tertiary/aromatic N) is 1. The van der Waals surface area contributed by atoms with Crippen LogP contribution in [0.1, 0.15) is 35.9 Å². The summed E-state index contributed by atoms with van der Waals surface area (Å²) in [5.74, 6) is -0.853. The summed E-state index contributed by atoms with van der Waals surface area (Å²) in [7, 11) is 0.989. The number of carboxylic acids is 1. The first-order valence-corrected chi connectivity index (χ1v) is 6.20.